The van der Waals surface area contributed by atoms with Gasteiger partial charge in [-0.1, -0.05) is 0 Å². The quantitative estimate of drug-likeness (QED) is 0.772. The van der Waals surface area contributed by atoms with Gasteiger partial charge in [-0.25, -0.2) is 0 Å². The zero-order valence-electron chi connectivity index (χ0n) is 10.9. The first kappa shape index (κ1) is 12.8. The molecule has 1 saturated heterocycles. The highest BCUT2D eigenvalue weighted by molar-refractivity contribution is 5.73. The molecule has 0 unspecified atom stereocenters. The van der Waals surface area contributed by atoms with E-state index in [2.05, 4.69) is 9.80 Å². The van der Waals surface area contributed by atoms with Crippen LogP contribution in [0, 0.1) is 0 Å². The van der Waals surface area contributed by atoms with Crippen molar-refractivity contribution in [3.05, 3.63) is 0 Å². The zero-order valence-corrected chi connectivity index (χ0v) is 10.9. The van der Waals surface area contributed by atoms with Crippen LogP contribution in [0.5, 0.6) is 0 Å². The second kappa shape index (κ2) is 5.83. The summed E-state index contributed by atoms with van der Waals surface area (Å²) in [6.45, 7) is 5.38. The van der Waals surface area contributed by atoms with E-state index in [-0.39, 0.29) is 5.91 Å². The Bertz CT molecular complexity index is 265. The molecule has 1 atom stereocenters. The number of hydrogen-bond donors (Lipinski definition) is 1. The summed E-state index contributed by atoms with van der Waals surface area (Å²) in [6.07, 6.45) is 6.21. The van der Waals surface area contributed by atoms with Gasteiger partial charge in [0.1, 0.15) is 0 Å². The SMILES string of the molecule is CC(=O)N1CCCC[C@@H]1CN(CCN)C1CC1. The molecule has 1 saturated carbocycles. The molecular weight excluding hydrogens is 214 g/mol. The Hall–Kier alpha value is -0.610. The molecular formula is C13H25N3O. The Balaban J connectivity index is 1.91. The highest BCUT2D eigenvalue weighted by Crippen LogP contribution is 2.28. The van der Waals surface area contributed by atoms with Gasteiger partial charge in [0.05, 0.1) is 0 Å². The third kappa shape index (κ3) is 3.42. The van der Waals surface area contributed by atoms with E-state index in [1.165, 1.54) is 19.3 Å². The van der Waals surface area contributed by atoms with Gasteiger partial charge in [0.25, 0.3) is 0 Å². The molecule has 17 heavy (non-hydrogen) atoms. The van der Waals surface area contributed by atoms with Crippen LogP contribution in [0.25, 0.3) is 0 Å². The second-order valence-electron chi connectivity index (χ2n) is 5.38. The minimum absolute atomic E-state index is 0.234. The molecule has 0 aromatic heterocycles. The monoisotopic (exact) mass is 239 g/mol. The molecule has 0 radical (unpaired) electrons. The lowest BCUT2D eigenvalue weighted by molar-refractivity contribution is -0.132. The number of carbonyl (C=O) groups is 1. The Morgan fingerprint density at radius 2 is 2.12 bits per heavy atom. The summed E-state index contributed by atoms with van der Waals surface area (Å²) < 4.78 is 0. The van der Waals surface area contributed by atoms with E-state index in [9.17, 15) is 4.79 Å². The lowest BCUT2D eigenvalue weighted by atomic mass is 10.0. The maximum atomic E-state index is 11.6. The molecule has 1 heterocycles. The van der Waals surface area contributed by atoms with E-state index in [4.69, 9.17) is 5.73 Å². The van der Waals surface area contributed by atoms with Gasteiger partial charge >= 0.3 is 0 Å². The first-order chi connectivity index (χ1) is 8.22. The normalized spacial score (nSPS) is 25.4. The van der Waals surface area contributed by atoms with Crippen molar-refractivity contribution in [3.8, 4) is 0 Å². The van der Waals surface area contributed by atoms with Gasteiger partial charge in [0.15, 0.2) is 0 Å². The second-order valence-corrected chi connectivity index (χ2v) is 5.38. The number of hydrogen-bond acceptors (Lipinski definition) is 3. The Morgan fingerprint density at radius 1 is 1.35 bits per heavy atom. The first-order valence-electron chi connectivity index (χ1n) is 6.93. The molecule has 0 spiro atoms. The fourth-order valence-corrected chi connectivity index (χ4v) is 2.90. The Morgan fingerprint density at radius 3 is 2.71 bits per heavy atom. The molecule has 0 bridgehead atoms. The van der Waals surface area contributed by atoms with Gasteiger partial charge in [-0.2, -0.15) is 0 Å². The van der Waals surface area contributed by atoms with E-state index in [0.29, 0.717) is 6.04 Å². The van der Waals surface area contributed by atoms with Gasteiger partial charge in [0, 0.05) is 45.2 Å². The van der Waals surface area contributed by atoms with Crippen molar-refractivity contribution in [2.24, 2.45) is 5.73 Å². The molecule has 4 nitrogen and oxygen atoms in total. The molecule has 0 aromatic carbocycles. The van der Waals surface area contributed by atoms with Crippen molar-refractivity contribution >= 4 is 5.91 Å². The van der Waals surface area contributed by atoms with E-state index in [0.717, 1.165) is 45.1 Å². The molecule has 1 aliphatic carbocycles. The number of likely N-dealkylation sites (tertiary alicyclic amines) is 1. The van der Waals surface area contributed by atoms with Crippen LogP contribution >= 0.6 is 0 Å². The van der Waals surface area contributed by atoms with Crippen LogP contribution in [-0.4, -0.2) is 54.0 Å². The fraction of sp³-hybridized carbons (Fsp3) is 0.923. The molecule has 0 aromatic rings. The maximum Gasteiger partial charge on any atom is 0.219 e. The van der Waals surface area contributed by atoms with Crippen molar-refractivity contribution in [1.29, 1.82) is 0 Å². The predicted molar refractivity (Wildman–Crippen MR) is 68.7 cm³/mol. The minimum atomic E-state index is 0.234. The molecule has 2 N–H and O–H groups in total. The number of nitrogens with zero attached hydrogens (tertiary/aromatic N) is 2. The molecule has 2 rings (SSSR count). The molecule has 2 aliphatic rings. The number of carbonyl (C=O) groups excluding carboxylic acids is 1. The molecule has 2 fully saturated rings. The Labute approximate surface area is 104 Å². The average molecular weight is 239 g/mol. The summed E-state index contributed by atoms with van der Waals surface area (Å²) in [5.41, 5.74) is 5.67. The highest BCUT2D eigenvalue weighted by Gasteiger charge is 2.33. The van der Waals surface area contributed by atoms with E-state index in [1.807, 2.05) is 0 Å². The van der Waals surface area contributed by atoms with E-state index in [1.54, 1.807) is 6.92 Å². The van der Waals surface area contributed by atoms with Crippen molar-refractivity contribution in [3.63, 3.8) is 0 Å². The zero-order chi connectivity index (χ0) is 12.3. The number of amides is 1. The van der Waals surface area contributed by atoms with Crippen LogP contribution in [0.15, 0.2) is 0 Å². The molecule has 4 heteroatoms. The third-order valence-corrected chi connectivity index (χ3v) is 3.96. The lowest BCUT2D eigenvalue weighted by Crippen LogP contribution is -2.50. The van der Waals surface area contributed by atoms with E-state index < -0.39 is 0 Å². The van der Waals surface area contributed by atoms with Gasteiger partial charge in [-0.15, -0.1) is 0 Å². The van der Waals surface area contributed by atoms with Crippen molar-refractivity contribution < 1.29 is 4.79 Å². The van der Waals surface area contributed by atoms with E-state index >= 15 is 0 Å². The van der Waals surface area contributed by atoms with Crippen LogP contribution < -0.4 is 5.73 Å². The van der Waals surface area contributed by atoms with Crippen molar-refractivity contribution in [2.45, 2.75) is 51.1 Å². The smallest absolute Gasteiger partial charge is 0.219 e. The third-order valence-electron chi connectivity index (χ3n) is 3.96. The van der Waals surface area contributed by atoms with Gasteiger partial charge in [-0.05, 0) is 32.1 Å². The molecule has 1 aliphatic heterocycles. The number of piperidine rings is 1. The standard InChI is InChI=1S/C13H25N3O/c1-11(17)16-8-3-2-4-13(16)10-15(9-7-14)12-5-6-12/h12-13H,2-10,14H2,1H3/t13-/m1/s1. The largest absolute Gasteiger partial charge is 0.339 e. The fourth-order valence-electron chi connectivity index (χ4n) is 2.90. The summed E-state index contributed by atoms with van der Waals surface area (Å²) in [7, 11) is 0. The number of rotatable bonds is 5. The summed E-state index contributed by atoms with van der Waals surface area (Å²) >= 11 is 0. The van der Waals surface area contributed by atoms with Crippen LogP contribution in [0.1, 0.15) is 39.0 Å². The predicted octanol–water partition coefficient (Wildman–Crippen LogP) is 0.811. The summed E-state index contributed by atoms with van der Waals surface area (Å²) in [5.74, 6) is 0.234. The van der Waals surface area contributed by atoms with Crippen LogP contribution in [0.4, 0.5) is 0 Å². The molecule has 1 amide bonds. The minimum Gasteiger partial charge on any atom is -0.339 e. The van der Waals surface area contributed by atoms with Crippen molar-refractivity contribution in [2.75, 3.05) is 26.2 Å². The molecule has 98 valence electrons. The summed E-state index contributed by atoms with van der Waals surface area (Å²) in [5, 5.41) is 0. The maximum absolute atomic E-state index is 11.6. The first-order valence-corrected chi connectivity index (χ1v) is 6.93. The van der Waals surface area contributed by atoms with Crippen molar-refractivity contribution in [1.82, 2.24) is 9.80 Å². The van der Waals surface area contributed by atoms with Crippen LogP contribution in [0.3, 0.4) is 0 Å². The van der Waals surface area contributed by atoms with Gasteiger partial charge < -0.3 is 10.6 Å². The highest BCUT2D eigenvalue weighted by atomic mass is 16.2. The van der Waals surface area contributed by atoms with Crippen LogP contribution in [0.2, 0.25) is 0 Å². The van der Waals surface area contributed by atoms with Gasteiger partial charge in [0.2, 0.25) is 5.91 Å². The lowest BCUT2D eigenvalue weighted by Gasteiger charge is -2.38. The average Bonchev–Trinajstić information content (AvgIpc) is 3.13. The summed E-state index contributed by atoms with van der Waals surface area (Å²) in [4.78, 5) is 16.2. The number of nitrogens with two attached hydrogens (primary N) is 1. The topological polar surface area (TPSA) is 49.6 Å². The Kier molecular flexibility index (Phi) is 4.40. The van der Waals surface area contributed by atoms with Crippen LogP contribution in [-0.2, 0) is 4.79 Å². The van der Waals surface area contributed by atoms with Gasteiger partial charge in [-0.3, -0.25) is 9.69 Å². The summed E-state index contributed by atoms with van der Waals surface area (Å²) in [6, 6.07) is 1.17.